The standard InChI is InChI=1S/C25H24F4N2O3/c26-17-8-16(9-17)24(33)31-5-4-25(13-34-12-22(32)30-25)21(31)10-14-2-1-3-20(23(14)29)15-6-18(27)11-19(28)7-15/h1-3,6-7,11,16-17,21H,4-5,8-10,12-13H2,(H,30,32)/t16?,17?,21-,25+/m0/s1. The van der Waals surface area contributed by atoms with Crippen LogP contribution < -0.4 is 5.32 Å². The molecule has 3 fully saturated rings. The summed E-state index contributed by atoms with van der Waals surface area (Å²) in [4.78, 5) is 26.9. The number of benzene rings is 2. The smallest absolute Gasteiger partial charge is 0.246 e. The van der Waals surface area contributed by atoms with E-state index in [2.05, 4.69) is 5.32 Å². The van der Waals surface area contributed by atoms with Crippen molar-refractivity contribution in [3.63, 3.8) is 0 Å². The molecule has 0 unspecified atom stereocenters. The molecular weight excluding hydrogens is 452 g/mol. The van der Waals surface area contributed by atoms with Gasteiger partial charge in [0, 0.05) is 24.1 Å². The van der Waals surface area contributed by atoms with Gasteiger partial charge in [-0.3, -0.25) is 9.59 Å². The maximum atomic E-state index is 15.6. The van der Waals surface area contributed by atoms with Gasteiger partial charge in [-0.2, -0.15) is 0 Å². The summed E-state index contributed by atoms with van der Waals surface area (Å²) >= 11 is 0. The number of nitrogens with one attached hydrogen (secondary N) is 1. The monoisotopic (exact) mass is 476 g/mol. The van der Waals surface area contributed by atoms with Crippen LogP contribution in [-0.2, 0) is 20.7 Å². The van der Waals surface area contributed by atoms with E-state index >= 15 is 4.39 Å². The number of nitrogens with zero attached hydrogens (tertiary/aromatic N) is 1. The number of carbonyl (C=O) groups is 2. The average Bonchev–Trinajstić information content (AvgIpc) is 3.08. The Hall–Kier alpha value is -2.94. The number of halogens is 4. The highest BCUT2D eigenvalue weighted by Gasteiger charge is 2.53. The van der Waals surface area contributed by atoms with Gasteiger partial charge < -0.3 is 15.0 Å². The van der Waals surface area contributed by atoms with Gasteiger partial charge in [0.1, 0.15) is 30.2 Å². The zero-order valence-electron chi connectivity index (χ0n) is 18.3. The summed E-state index contributed by atoms with van der Waals surface area (Å²) in [5.74, 6) is -3.25. The summed E-state index contributed by atoms with van der Waals surface area (Å²) in [6.45, 7) is 0.403. The number of amides is 2. The molecule has 0 bridgehead atoms. The van der Waals surface area contributed by atoms with E-state index in [0.29, 0.717) is 19.0 Å². The lowest BCUT2D eigenvalue weighted by molar-refractivity contribution is -0.145. The van der Waals surface area contributed by atoms with Gasteiger partial charge in [-0.25, -0.2) is 17.6 Å². The summed E-state index contributed by atoms with van der Waals surface area (Å²) in [6.07, 6.45) is -0.196. The van der Waals surface area contributed by atoms with Crippen LogP contribution in [-0.4, -0.2) is 54.2 Å². The summed E-state index contributed by atoms with van der Waals surface area (Å²) in [6, 6.07) is 6.77. The Labute approximate surface area is 194 Å². The highest BCUT2D eigenvalue weighted by molar-refractivity contribution is 5.82. The molecule has 2 aromatic carbocycles. The number of hydrogen-bond acceptors (Lipinski definition) is 3. The Kier molecular flexibility index (Phi) is 5.83. The van der Waals surface area contributed by atoms with E-state index in [1.807, 2.05) is 0 Å². The van der Waals surface area contributed by atoms with E-state index < -0.39 is 41.1 Å². The van der Waals surface area contributed by atoms with E-state index in [1.165, 1.54) is 6.07 Å². The van der Waals surface area contributed by atoms with Gasteiger partial charge >= 0.3 is 0 Å². The van der Waals surface area contributed by atoms with Crippen molar-refractivity contribution in [1.82, 2.24) is 10.2 Å². The number of carbonyl (C=O) groups excluding carboxylic acids is 2. The lowest BCUT2D eigenvalue weighted by atomic mass is 9.81. The Morgan fingerprint density at radius 2 is 1.88 bits per heavy atom. The lowest BCUT2D eigenvalue weighted by Gasteiger charge is -2.42. The Balaban J connectivity index is 1.49. The molecule has 3 aliphatic rings. The summed E-state index contributed by atoms with van der Waals surface area (Å²) in [5, 5.41) is 2.96. The van der Waals surface area contributed by atoms with E-state index in [9.17, 15) is 22.8 Å². The van der Waals surface area contributed by atoms with Crippen LogP contribution in [0.2, 0.25) is 0 Å². The van der Waals surface area contributed by atoms with Crippen molar-refractivity contribution in [1.29, 1.82) is 0 Å². The molecular formula is C25H24F4N2O3. The van der Waals surface area contributed by atoms with Gasteiger partial charge in [0.15, 0.2) is 0 Å². The second kappa shape index (κ2) is 8.69. The minimum absolute atomic E-state index is 0.0315. The maximum absolute atomic E-state index is 15.6. The normalized spacial score (nSPS) is 28.6. The van der Waals surface area contributed by atoms with Gasteiger partial charge in [-0.1, -0.05) is 18.2 Å². The quantitative estimate of drug-likeness (QED) is 0.687. The van der Waals surface area contributed by atoms with Crippen molar-refractivity contribution >= 4 is 11.8 Å². The van der Waals surface area contributed by atoms with Crippen molar-refractivity contribution in [3.05, 3.63) is 59.4 Å². The first-order chi connectivity index (χ1) is 16.3. The predicted molar refractivity (Wildman–Crippen MR) is 115 cm³/mol. The molecule has 0 radical (unpaired) electrons. The van der Waals surface area contributed by atoms with E-state index in [4.69, 9.17) is 4.74 Å². The van der Waals surface area contributed by atoms with Gasteiger partial charge in [0.05, 0.1) is 18.2 Å². The third kappa shape index (κ3) is 4.06. The molecule has 5 rings (SSSR count). The highest BCUT2D eigenvalue weighted by Crippen LogP contribution is 2.39. The fourth-order valence-corrected chi connectivity index (χ4v) is 5.36. The molecule has 2 amide bonds. The topological polar surface area (TPSA) is 58.6 Å². The van der Waals surface area contributed by atoms with E-state index in [0.717, 1.165) is 12.1 Å². The number of rotatable bonds is 4. The largest absolute Gasteiger partial charge is 0.369 e. The Bertz CT molecular complexity index is 1120. The van der Waals surface area contributed by atoms with Crippen molar-refractivity contribution < 1.29 is 31.9 Å². The molecule has 2 aliphatic heterocycles. The van der Waals surface area contributed by atoms with Crippen LogP contribution in [0.5, 0.6) is 0 Å². The molecule has 1 N–H and O–H groups in total. The van der Waals surface area contributed by atoms with Gasteiger partial charge in [0.2, 0.25) is 11.8 Å². The van der Waals surface area contributed by atoms with Crippen LogP contribution in [0.4, 0.5) is 17.6 Å². The zero-order chi connectivity index (χ0) is 24.0. The van der Waals surface area contributed by atoms with Gasteiger partial charge in [0.25, 0.3) is 0 Å². The van der Waals surface area contributed by atoms with Crippen molar-refractivity contribution in [2.75, 3.05) is 19.8 Å². The molecule has 1 saturated carbocycles. The van der Waals surface area contributed by atoms with Gasteiger partial charge in [-0.15, -0.1) is 0 Å². The number of morpholine rings is 1. The molecule has 1 spiro atoms. The molecule has 1 aliphatic carbocycles. The molecule has 2 saturated heterocycles. The van der Waals surface area contributed by atoms with E-state index in [1.54, 1.807) is 17.0 Å². The summed E-state index contributed by atoms with van der Waals surface area (Å²) in [5.41, 5.74) is -0.562. The Morgan fingerprint density at radius 3 is 2.56 bits per heavy atom. The van der Waals surface area contributed by atoms with Crippen molar-refractivity contribution in [2.45, 2.75) is 43.4 Å². The first kappa shape index (κ1) is 22.8. The second-order valence-electron chi connectivity index (χ2n) is 9.40. The van der Waals surface area contributed by atoms with Crippen LogP contribution in [0.25, 0.3) is 11.1 Å². The highest BCUT2D eigenvalue weighted by atomic mass is 19.1. The minimum Gasteiger partial charge on any atom is -0.369 e. The molecule has 34 heavy (non-hydrogen) atoms. The third-order valence-electron chi connectivity index (χ3n) is 7.17. The molecule has 5 nitrogen and oxygen atoms in total. The fourth-order valence-electron chi connectivity index (χ4n) is 5.36. The fraction of sp³-hybridized carbons (Fsp3) is 0.440. The van der Waals surface area contributed by atoms with Gasteiger partial charge in [-0.05, 0) is 48.9 Å². The number of hydrogen-bond donors (Lipinski definition) is 1. The van der Waals surface area contributed by atoms with Crippen LogP contribution >= 0.6 is 0 Å². The molecule has 2 aromatic rings. The van der Waals surface area contributed by atoms with Crippen molar-refractivity contribution in [3.8, 4) is 11.1 Å². The number of ether oxygens (including phenoxy) is 1. The average molecular weight is 476 g/mol. The zero-order valence-corrected chi connectivity index (χ0v) is 18.3. The van der Waals surface area contributed by atoms with Crippen LogP contribution in [0.1, 0.15) is 24.8 Å². The maximum Gasteiger partial charge on any atom is 0.246 e. The lowest BCUT2D eigenvalue weighted by Crippen LogP contribution is -2.64. The summed E-state index contributed by atoms with van der Waals surface area (Å²) < 4.78 is 62.0. The molecule has 0 aromatic heterocycles. The molecule has 2 atom stereocenters. The molecule has 9 heteroatoms. The first-order valence-electron chi connectivity index (χ1n) is 11.3. The van der Waals surface area contributed by atoms with Crippen LogP contribution in [0.15, 0.2) is 36.4 Å². The molecule has 180 valence electrons. The number of likely N-dealkylation sites (tertiary alicyclic amines) is 1. The van der Waals surface area contributed by atoms with Crippen LogP contribution in [0.3, 0.4) is 0 Å². The van der Waals surface area contributed by atoms with Crippen LogP contribution in [0, 0.1) is 23.4 Å². The van der Waals surface area contributed by atoms with Crippen molar-refractivity contribution in [2.24, 2.45) is 5.92 Å². The predicted octanol–water partition coefficient (Wildman–Crippen LogP) is 3.55. The SMILES string of the molecule is O=C1COC[C@@]2(CCN(C(=O)C3CC(F)C3)[C@H]2Cc2cccc(-c3cc(F)cc(F)c3)c2F)N1. The first-order valence-corrected chi connectivity index (χ1v) is 11.3. The third-order valence-corrected chi connectivity index (χ3v) is 7.17. The Morgan fingerprint density at radius 1 is 1.15 bits per heavy atom. The number of alkyl halides is 1. The molecule has 2 heterocycles. The summed E-state index contributed by atoms with van der Waals surface area (Å²) in [7, 11) is 0. The minimum atomic E-state index is -0.998. The second-order valence-corrected chi connectivity index (χ2v) is 9.40. The van der Waals surface area contributed by atoms with E-state index in [-0.39, 0.29) is 61.0 Å².